The number of nitrogens with zero attached hydrogens (tertiary/aromatic N) is 2. The second kappa shape index (κ2) is 4.21. The van der Waals surface area contributed by atoms with Crippen LogP contribution in [0.2, 0.25) is 0 Å². The van der Waals surface area contributed by atoms with Gasteiger partial charge in [-0.15, -0.1) is 0 Å². The Morgan fingerprint density at radius 1 is 1.79 bits per heavy atom. The molecule has 0 fully saturated rings. The van der Waals surface area contributed by atoms with Crippen LogP contribution < -0.4 is 4.72 Å². The molecule has 0 bridgehead atoms. The fraction of sp³-hybridized carbons (Fsp3) is 0.429. The molecule has 76 valence electrons. The van der Waals surface area contributed by atoms with Gasteiger partial charge in [0.15, 0.2) is 5.75 Å². The number of hydrogen-bond donors (Lipinski definition) is 2. The third-order valence-electron chi connectivity index (χ3n) is 1.63. The van der Waals surface area contributed by atoms with E-state index in [1.807, 2.05) is 0 Å². The first-order chi connectivity index (χ1) is 6.55. The van der Waals surface area contributed by atoms with E-state index in [1.165, 1.54) is 6.20 Å². The van der Waals surface area contributed by atoms with Crippen molar-refractivity contribution in [2.24, 2.45) is 0 Å². The number of sulfonamides is 1. The first-order valence-corrected chi connectivity index (χ1v) is 5.56. The number of aromatic nitrogens is 2. The normalized spacial score (nSPS) is 13.4. The summed E-state index contributed by atoms with van der Waals surface area (Å²) in [6.07, 6.45) is 3.12. The maximum absolute atomic E-state index is 11.2. The first-order valence-electron chi connectivity index (χ1n) is 3.91. The van der Waals surface area contributed by atoms with Crippen molar-refractivity contribution in [2.75, 3.05) is 5.75 Å². The molecule has 1 aromatic heterocycles. The van der Waals surface area contributed by atoms with Gasteiger partial charge in [-0.2, -0.15) is 10.4 Å². The van der Waals surface area contributed by atoms with Gasteiger partial charge >= 0.3 is 0 Å². The van der Waals surface area contributed by atoms with Gasteiger partial charge in [0.1, 0.15) is 0 Å². The van der Waals surface area contributed by atoms with Gasteiger partial charge in [-0.3, -0.25) is 5.10 Å². The van der Waals surface area contributed by atoms with Crippen LogP contribution in [0.1, 0.15) is 18.5 Å². The summed E-state index contributed by atoms with van der Waals surface area (Å²) in [5.41, 5.74) is 0.728. The van der Waals surface area contributed by atoms with E-state index in [0.29, 0.717) is 0 Å². The molecular weight excluding hydrogens is 204 g/mol. The van der Waals surface area contributed by atoms with Crippen LogP contribution in [0.25, 0.3) is 0 Å². The zero-order valence-corrected chi connectivity index (χ0v) is 8.37. The maximum Gasteiger partial charge on any atom is 0.225 e. The van der Waals surface area contributed by atoms with Crippen molar-refractivity contribution in [1.29, 1.82) is 5.26 Å². The van der Waals surface area contributed by atoms with Crippen molar-refractivity contribution in [3.8, 4) is 6.07 Å². The monoisotopic (exact) mass is 214 g/mol. The third kappa shape index (κ3) is 2.83. The van der Waals surface area contributed by atoms with Gasteiger partial charge in [0.25, 0.3) is 0 Å². The molecular formula is C7H10N4O2S. The molecule has 1 atom stereocenters. The molecule has 0 spiro atoms. The van der Waals surface area contributed by atoms with Crippen LogP contribution in [0.15, 0.2) is 12.4 Å². The molecule has 1 rings (SSSR count). The van der Waals surface area contributed by atoms with Crippen molar-refractivity contribution >= 4 is 10.0 Å². The summed E-state index contributed by atoms with van der Waals surface area (Å²) in [6, 6.07) is 1.20. The minimum absolute atomic E-state index is 0.382. The minimum atomic E-state index is -3.51. The van der Waals surface area contributed by atoms with Gasteiger partial charge in [-0.25, -0.2) is 13.1 Å². The number of nitriles is 1. The first kappa shape index (κ1) is 10.7. The van der Waals surface area contributed by atoms with Gasteiger partial charge < -0.3 is 0 Å². The van der Waals surface area contributed by atoms with Crippen LogP contribution in [0.4, 0.5) is 0 Å². The average molecular weight is 214 g/mol. The Kier molecular flexibility index (Phi) is 3.22. The summed E-state index contributed by atoms with van der Waals surface area (Å²) in [6.45, 7) is 1.68. The van der Waals surface area contributed by atoms with Gasteiger partial charge in [-0.05, 0) is 6.92 Å². The lowest BCUT2D eigenvalue weighted by atomic mass is 10.2. The second-order valence-corrected chi connectivity index (χ2v) is 4.54. The molecule has 0 saturated carbocycles. The standard InChI is InChI=1S/C7H10N4O2S/c1-6(7-4-9-10-5-7)11-14(12,13)3-2-8/h4-6,11H,3H2,1H3,(H,9,10). The Morgan fingerprint density at radius 3 is 3.00 bits per heavy atom. The second-order valence-electron chi connectivity index (χ2n) is 2.79. The number of nitrogens with one attached hydrogen (secondary N) is 2. The molecule has 7 heteroatoms. The quantitative estimate of drug-likeness (QED) is 0.731. The summed E-state index contributed by atoms with van der Waals surface area (Å²) in [7, 11) is -3.51. The lowest BCUT2D eigenvalue weighted by Gasteiger charge is -2.09. The van der Waals surface area contributed by atoms with Gasteiger partial charge in [0.05, 0.1) is 12.3 Å². The molecule has 0 aromatic carbocycles. The Hall–Kier alpha value is -1.39. The van der Waals surface area contributed by atoms with E-state index >= 15 is 0 Å². The SMILES string of the molecule is CC(NS(=O)(=O)CC#N)c1cn[nH]c1. The molecule has 14 heavy (non-hydrogen) atoms. The van der Waals surface area contributed by atoms with E-state index in [9.17, 15) is 8.42 Å². The summed E-state index contributed by atoms with van der Waals surface area (Å²) in [5, 5.41) is 14.5. The van der Waals surface area contributed by atoms with Crippen molar-refractivity contribution < 1.29 is 8.42 Å². The van der Waals surface area contributed by atoms with Crippen LogP contribution in [0, 0.1) is 11.3 Å². The largest absolute Gasteiger partial charge is 0.285 e. The van der Waals surface area contributed by atoms with Crippen molar-refractivity contribution in [3.05, 3.63) is 18.0 Å². The highest BCUT2D eigenvalue weighted by Gasteiger charge is 2.15. The number of hydrogen-bond acceptors (Lipinski definition) is 4. The highest BCUT2D eigenvalue weighted by Crippen LogP contribution is 2.10. The van der Waals surface area contributed by atoms with Gasteiger partial charge in [0.2, 0.25) is 10.0 Å². The van der Waals surface area contributed by atoms with Gasteiger partial charge in [0, 0.05) is 17.8 Å². The fourth-order valence-corrected chi connectivity index (χ4v) is 1.89. The van der Waals surface area contributed by atoms with Crippen LogP contribution in [0.3, 0.4) is 0 Å². The highest BCUT2D eigenvalue weighted by atomic mass is 32.2. The molecule has 2 N–H and O–H groups in total. The van der Waals surface area contributed by atoms with Crippen LogP contribution in [0.5, 0.6) is 0 Å². The average Bonchev–Trinajstić information content (AvgIpc) is 2.53. The van der Waals surface area contributed by atoms with Crippen molar-refractivity contribution in [3.63, 3.8) is 0 Å². The predicted molar refractivity (Wildman–Crippen MR) is 49.5 cm³/mol. The topological polar surface area (TPSA) is 98.6 Å². The third-order valence-corrected chi connectivity index (χ3v) is 2.85. The van der Waals surface area contributed by atoms with Crippen LogP contribution in [-0.2, 0) is 10.0 Å². The molecule has 6 nitrogen and oxygen atoms in total. The molecule has 0 amide bonds. The van der Waals surface area contributed by atoms with Crippen molar-refractivity contribution in [2.45, 2.75) is 13.0 Å². The van der Waals surface area contributed by atoms with Crippen molar-refractivity contribution in [1.82, 2.24) is 14.9 Å². The molecule has 1 aromatic rings. The minimum Gasteiger partial charge on any atom is -0.285 e. The molecule has 0 aliphatic heterocycles. The lowest BCUT2D eigenvalue weighted by Crippen LogP contribution is -2.28. The number of aromatic amines is 1. The van der Waals surface area contributed by atoms with Gasteiger partial charge in [-0.1, -0.05) is 0 Å². The molecule has 0 saturated heterocycles. The molecule has 0 radical (unpaired) electrons. The van der Waals surface area contributed by atoms with E-state index in [1.54, 1.807) is 19.2 Å². The Morgan fingerprint density at radius 2 is 2.50 bits per heavy atom. The maximum atomic E-state index is 11.2. The summed E-state index contributed by atoms with van der Waals surface area (Å²) >= 11 is 0. The summed E-state index contributed by atoms with van der Waals surface area (Å²) in [4.78, 5) is 0. The molecule has 1 unspecified atom stereocenters. The number of H-pyrrole nitrogens is 1. The highest BCUT2D eigenvalue weighted by molar-refractivity contribution is 7.89. The fourth-order valence-electron chi connectivity index (χ4n) is 0.962. The van der Waals surface area contributed by atoms with Crippen LogP contribution in [-0.4, -0.2) is 24.4 Å². The van der Waals surface area contributed by atoms with Crippen LogP contribution >= 0.6 is 0 Å². The van der Waals surface area contributed by atoms with E-state index < -0.39 is 15.8 Å². The summed E-state index contributed by atoms with van der Waals surface area (Å²) < 4.78 is 24.7. The molecule has 1 heterocycles. The van der Waals surface area contributed by atoms with E-state index in [0.717, 1.165) is 5.56 Å². The zero-order chi connectivity index (χ0) is 10.6. The van der Waals surface area contributed by atoms with E-state index in [4.69, 9.17) is 5.26 Å². The number of rotatable bonds is 4. The lowest BCUT2D eigenvalue weighted by molar-refractivity contribution is 0.570. The Balaban J connectivity index is 2.67. The summed E-state index contributed by atoms with van der Waals surface area (Å²) in [5.74, 6) is -0.533. The zero-order valence-electron chi connectivity index (χ0n) is 7.56. The molecule has 0 aliphatic rings. The molecule has 0 aliphatic carbocycles. The van der Waals surface area contributed by atoms with E-state index in [-0.39, 0.29) is 6.04 Å². The predicted octanol–water partition coefficient (Wildman–Crippen LogP) is -0.0863. The smallest absolute Gasteiger partial charge is 0.225 e. The Labute approximate surface area is 82.0 Å². The van der Waals surface area contributed by atoms with E-state index in [2.05, 4.69) is 14.9 Å². The Bertz CT molecular complexity index is 417.